The molecule has 0 aliphatic carbocycles. The Hall–Kier alpha value is -2.30. The van der Waals surface area contributed by atoms with Gasteiger partial charge in [0.05, 0.1) is 5.69 Å². The van der Waals surface area contributed by atoms with E-state index in [-0.39, 0.29) is 11.9 Å². The smallest absolute Gasteiger partial charge is 0.152 e. The molecule has 2 aromatic rings. The molecule has 0 radical (unpaired) electrons. The molecule has 168 valence electrons. The predicted molar refractivity (Wildman–Crippen MR) is 132 cm³/mol. The minimum Gasteiger partial charge on any atom is -0.260 e. The quantitative estimate of drug-likeness (QED) is 0.254. The SMILES string of the molecule is C=C(C)C(CCCc1cc(/C(C)=C/C(=C\C)C(C)C)nc2c(F)c(C)ccc12)NNC. The summed E-state index contributed by atoms with van der Waals surface area (Å²) in [6, 6.07) is 6.20. The summed E-state index contributed by atoms with van der Waals surface area (Å²) in [5.41, 5.74) is 12.8. The second-order valence-electron chi connectivity index (χ2n) is 8.72. The summed E-state index contributed by atoms with van der Waals surface area (Å²) >= 11 is 0. The number of hydrogen-bond donors (Lipinski definition) is 2. The predicted octanol–water partition coefficient (Wildman–Crippen LogP) is 6.68. The van der Waals surface area contributed by atoms with Crippen molar-refractivity contribution in [3.63, 3.8) is 0 Å². The van der Waals surface area contributed by atoms with Crippen molar-refractivity contribution in [1.29, 1.82) is 0 Å². The van der Waals surface area contributed by atoms with E-state index in [2.05, 4.69) is 63.3 Å². The summed E-state index contributed by atoms with van der Waals surface area (Å²) in [6.45, 7) is 16.4. The number of benzene rings is 1. The molecule has 0 fully saturated rings. The zero-order valence-corrected chi connectivity index (χ0v) is 20.2. The molecule has 0 aliphatic rings. The summed E-state index contributed by atoms with van der Waals surface area (Å²) in [6.07, 6.45) is 7.08. The van der Waals surface area contributed by atoms with Gasteiger partial charge in [-0.25, -0.2) is 9.37 Å². The lowest BCUT2D eigenvalue weighted by atomic mass is 9.95. The molecule has 0 amide bonds. The van der Waals surface area contributed by atoms with E-state index in [1.165, 1.54) is 5.57 Å². The van der Waals surface area contributed by atoms with Crippen LogP contribution in [0.25, 0.3) is 16.5 Å². The Bertz CT molecular complexity index is 986. The Balaban J connectivity index is 2.46. The third-order valence-electron chi connectivity index (χ3n) is 5.84. The number of aromatic nitrogens is 1. The number of hydrogen-bond acceptors (Lipinski definition) is 3. The van der Waals surface area contributed by atoms with Gasteiger partial charge in [-0.2, -0.15) is 0 Å². The Labute approximate surface area is 187 Å². The van der Waals surface area contributed by atoms with Crippen LogP contribution in [0.3, 0.4) is 0 Å². The van der Waals surface area contributed by atoms with Crippen LogP contribution < -0.4 is 10.9 Å². The molecule has 1 heterocycles. The van der Waals surface area contributed by atoms with Crippen molar-refractivity contribution in [2.75, 3.05) is 7.05 Å². The molecular weight excluding hydrogens is 385 g/mol. The molecule has 31 heavy (non-hydrogen) atoms. The second kappa shape index (κ2) is 11.4. The van der Waals surface area contributed by atoms with E-state index in [1.807, 2.05) is 26.1 Å². The highest BCUT2D eigenvalue weighted by molar-refractivity contribution is 5.85. The van der Waals surface area contributed by atoms with Crippen LogP contribution in [0.1, 0.15) is 64.3 Å². The molecule has 2 N–H and O–H groups in total. The molecule has 3 nitrogen and oxygen atoms in total. The molecule has 0 spiro atoms. The van der Waals surface area contributed by atoms with Gasteiger partial charge in [-0.1, -0.05) is 50.3 Å². The van der Waals surface area contributed by atoms with Crippen molar-refractivity contribution in [1.82, 2.24) is 15.8 Å². The van der Waals surface area contributed by atoms with E-state index in [4.69, 9.17) is 4.98 Å². The first-order valence-corrected chi connectivity index (χ1v) is 11.2. The van der Waals surface area contributed by atoms with Crippen LogP contribution in [-0.4, -0.2) is 18.1 Å². The monoisotopic (exact) mass is 423 g/mol. The highest BCUT2D eigenvalue weighted by atomic mass is 19.1. The molecule has 0 bridgehead atoms. The minimum absolute atomic E-state index is 0.210. The number of rotatable bonds is 10. The van der Waals surface area contributed by atoms with Gasteiger partial charge in [0.15, 0.2) is 5.82 Å². The van der Waals surface area contributed by atoms with Crippen LogP contribution >= 0.6 is 0 Å². The van der Waals surface area contributed by atoms with Gasteiger partial charge in [0.2, 0.25) is 0 Å². The first kappa shape index (κ1) is 25.0. The maximum atomic E-state index is 15.0. The third kappa shape index (κ3) is 6.34. The van der Waals surface area contributed by atoms with Crippen LogP contribution in [0, 0.1) is 18.7 Å². The highest BCUT2D eigenvalue weighted by Crippen LogP contribution is 2.28. The zero-order valence-electron chi connectivity index (χ0n) is 20.2. The number of fused-ring (bicyclic) bond motifs is 1. The van der Waals surface area contributed by atoms with E-state index in [9.17, 15) is 0 Å². The van der Waals surface area contributed by atoms with Crippen LogP contribution in [0.5, 0.6) is 0 Å². The number of pyridine rings is 1. The molecule has 2 rings (SSSR count). The lowest BCUT2D eigenvalue weighted by Crippen LogP contribution is -2.38. The van der Waals surface area contributed by atoms with Gasteiger partial charge in [0.1, 0.15) is 5.52 Å². The van der Waals surface area contributed by atoms with E-state index >= 15 is 4.39 Å². The van der Waals surface area contributed by atoms with E-state index in [0.29, 0.717) is 17.0 Å². The van der Waals surface area contributed by atoms with Gasteiger partial charge >= 0.3 is 0 Å². The number of nitrogens with zero attached hydrogens (tertiary/aromatic N) is 1. The average Bonchev–Trinajstić information content (AvgIpc) is 2.73. The average molecular weight is 424 g/mol. The summed E-state index contributed by atoms with van der Waals surface area (Å²) in [5, 5.41) is 0.906. The number of allylic oxidation sites excluding steroid dienone is 4. The number of hydrazine groups is 1. The van der Waals surface area contributed by atoms with Gasteiger partial charge in [0.25, 0.3) is 0 Å². The van der Waals surface area contributed by atoms with Gasteiger partial charge < -0.3 is 0 Å². The van der Waals surface area contributed by atoms with Gasteiger partial charge in [0, 0.05) is 11.4 Å². The molecule has 1 aromatic heterocycles. The number of nitrogens with one attached hydrogen (secondary N) is 2. The van der Waals surface area contributed by atoms with Crippen molar-refractivity contribution >= 4 is 16.5 Å². The Morgan fingerprint density at radius 2 is 1.97 bits per heavy atom. The number of aryl methyl sites for hydroxylation is 2. The molecule has 0 saturated carbocycles. The lowest BCUT2D eigenvalue weighted by molar-refractivity contribution is 0.469. The maximum Gasteiger partial charge on any atom is 0.152 e. The Morgan fingerprint density at radius 1 is 1.26 bits per heavy atom. The van der Waals surface area contributed by atoms with E-state index in [1.54, 1.807) is 6.92 Å². The summed E-state index contributed by atoms with van der Waals surface area (Å²) in [7, 11) is 1.87. The largest absolute Gasteiger partial charge is 0.260 e. The van der Waals surface area contributed by atoms with Crippen molar-refractivity contribution in [2.45, 2.75) is 66.8 Å². The minimum atomic E-state index is -0.222. The first-order valence-electron chi connectivity index (χ1n) is 11.2. The summed E-state index contributed by atoms with van der Waals surface area (Å²) < 4.78 is 15.0. The molecule has 1 aromatic carbocycles. The van der Waals surface area contributed by atoms with Crippen LogP contribution in [0.15, 0.2) is 48.1 Å². The van der Waals surface area contributed by atoms with Gasteiger partial charge in [-0.05, 0) is 88.3 Å². The van der Waals surface area contributed by atoms with E-state index < -0.39 is 0 Å². The van der Waals surface area contributed by atoms with Gasteiger partial charge in [-0.3, -0.25) is 10.9 Å². The number of halogens is 1. The summed E-state index contributed by atoms with van der Waals surface area (Å²) in [4.78, 5) is 4.74. The van der Waals surface area contributed by atoms with Gasteiger partial charge in [-0.15, -0.1) is 0 Å². The summed E-state index contributed by atoms with van der Waals surface area (Å²) in [5.74, 6) is 0.206. The molecule has 0 saturated heterocycles. The molecule has 0 aliphatic heterocycles. The normalized spacial score (nSPS) is 13.8. The topological polar surface area (TPSA) is 37.0 Å². The van der Waals surface area contributed by atoms with Crippen molar-refractivity contribution < 1.29 is 4.39 Å². The Morgan fingerprint density at radius 3 is 2.55 bits per heavy atom. The fourth-order valence-electron chi connectivity index (χ4n) is 3.86. The van der Waals surface area contributed by atoms with Crippen LogP contribution in [-0.2, 0) is 6.42 Å². The standard InChI is InChI=1S/C27H38FN3/c1-9-21(17(2)3)15-20(7)25-16-22(11-10-12-24(18(4)5)31-29-8)23-14-13-19(6)26(28)27(23)30-25/h9,13-17,24,29,31H,4,10-12H2,1-3,5-8H3/b20-15+,21-9+. The molecule has 1 unspecified atom stereocenters. The van der Waals surface area contributed by atoms with Crippen LogP contribution in [0.2, 0.25) is 0 Å². The fourth-order valence-corrected chi connectivity index (χ4v) is 3.86. The molecular formula is C27H38FN3. The van der Waals surface area contributed by atoms with Crippen molar-refractivity contribution in [3.8, 4) is 0 Å². The molecule has 1 atom stereocenters. The molecule has 4 heteroatoms. The van der Waals surface area contributed by atoms with E-state index in [0.717, 1.165) is 47.1 Å². The third-order valence-corrected chi connectivity index (χ3v) is 5.84. The van der Waals surface area contributed by atoms with Crippen molar-refractivity contribution in [3.05, 3.63) is 70.7 Å². The second-order valence-corrected chi connectivity index (χ2v) is 8.72. The highest BCUT2D eigenvalue weighted by Gasteiger charge is 2.14. The fraction of sp³-hybridized carbons (Fsp3) is 0.444. The first-order chi connectivity index (χ1) is 14.7. The zero-order chi connectivity index (χ0) is 23.1. The maximum absolute atomic E-state index is 15.0. The Kier molecular flexibility index (Phi) is 9.15. The van der Waals surface area contributed by atoms with Crippen LogP contribution in [0.4, 0.5) is 4.39 Å². The lowest BCUT2D eigenvalue weighted by Gasteiger charge is -2.18. The van der Waals surface area contributed by atoms with Crippen molar-refractivity contribution in [2.24, 2.45) is 5.92 Å².